The van der Waals surface area contributed by atoms with Gasteiger partial charge in [0.25, 0.3) is 20.2 Å². The molecule has 5 aromatic carbocycles. The van der Waals surface area contributed by atoms with Crippen LogP contribution in [0.3, 0.4) is 0 Å². The van der Waals surface area contributed by atoms with Crippen LogP contribution in [0, 0.1) is 11.4 Å². The van der Waals surface area contributed by atoms with Gasteiger partial charge in [-0.15, -0.1) is 15.3 Å². The number of azo groups is 2. The quantitative estimate of drug-likeness (QED) is 0.00606. The molecule has 0 aliphatic carbocycles. The highest BCUT2D eigenvalue weighted by Gasteiger charge is 2.25. The Labute approximate surface area is 413 Å². The summed E-state index contributed by atoms with van der Waals surface area (Å²) in [5, 5.41) is 43.4. The predicted octanol–water partition coefficient (Wildman–Crippen LogP) is 6.31. The van der Waals surface area contributed by atoms with Gasteiger partial charge in [-0.05, 0) is 120 Å². The maximum Gasteiger partial charge on any atom is 0.433 e. The largest absolute Gasteiger partial charge is 0.505 e. The van der Waals surface area contributed by atoms with E-state index in [1.54, 1.807) is 36.1 Å². The molecular weight excluding hydrogens is 1060 g/mol. The molecule has 71 heavy (non-hydrogen) atoms. The average molecular weight is 1090 g/mol. The molecule has 0 aliphatic rings. The standard InChI is InChI=1S/C39H36ClN11O15S5/c1-2-51(25-6-8-26(9-7-25)67-19-18-65-66-71(62,63)64)39-45-37(40)44-38(46-39)43-24-5-14-31(32(21-24)69(56,57)58)48-49-34-29-22-33(70(59,60)61)35(36(53)28(29)12-13-30(34)41)50-47-23-3-10-27(11-4-23)68(54,55)20-16-42-15-17-52/h3-14,21-22,42,52-53H,2,15-17,20,41H2,1H3,(H,56,57,58)(H,59,60,61)(H,62,63,64)(H,43,44,45,46). The van der Waals surface area contributed by atoms with Gasteiger partial charge in [-0.3, -0.25) is 18.5 Å². The highest BCUT2D eigenvalue weighted by molar-refractivity contribution is 8.04. The minimum atomic E-state index is -5.18. The first-order chi connectivity index (χ1) is 33.5. The number of nitrogens with zero attached hydrogens (tertiary/aromatic N) is 8. The number of hydrogen-bond acceptors (Lipinski definition) is 24. The van der Waals surface area contributed by atoms with Crippen LogP contribution in [-0.2, 0) is 49.7 Å². The van der Waals surface area contributed by atoms with Crippen molar-refractivity contribution in [3.05, 3.63) is 90.2 Å². The summed E-state index contributed by atoms with van der Waals surface area (Å²) in [6, 6.07) is 18.5. The molecule has 0 amide bonds. The van der Waals surface area contributed by atoms with E-state index in [2.05, 4.69) is 60.5 Å². The number of fused-ring (bicyclic) bond motifs is 1. The lowest BCUT2D eigenvalue weighted by Gasteiger charge is -2.21. The fraction of sp³-hybridized carbons (Fsp3) is 0.154. The van der Waals surface area contributed by atoms with Crippen molar-refractivity contribution in [3.8, 4) is 17.1 Å². The van der Waals surface area contributed by atoms with Crippen LogP contribution in [0.1, 0.15) is 6.92 Å². The fourth-order valence-electron chi connectivity index (χ4n) is 6.10. The maximum absolute atomic E-state index is 12.7. The monoisotopic (exact) mass is 1090 g/mol. The van der Waals surface area contributed by atoms with Gasteiger partial charge < -0.3 is 31.5 Å². The number of nitrogen functional groups attached to an aromatic ring is 1. The fourth-order valence-corrected chi connectivity index (χ4v) is 9.34. The molecule has 0 saturated heterocycles. The van der Waals surface area contributed by atoms with Crippen LogP contribution in [0.5, 0.6) is 5.75 Å². The smallest absolute Gasteiger partial charge is 0.433 e. The van der Waals surface area contributed by atoms with E-state index in [-0.39, 0.29) is 81.0 Å². The Kier molecular flexibility index (Phi) is 17.1. The molecule has 374 valence electrons. The number of anilines is 5. The predicted molar refractivity (Wildman–Crippen MR) is 257 cm³/mol. The highest BCUT2D eigenvalue weighted by atomic mass is 35.5. The first-order valence-electron chi connectivity index (χ1n) is 19.7. The number of hydrogen-bond donors (Lipinski definition) is 8. The van der Waals surface area contributed by atoms with Crippen LogP contribution in [0.15, 0.2) is 125 Å². The van der Waals surface area contributed by atoms with Crippen molar-refractivity contribution in [1.29, 1.82) is 0 Å². The number of thioether (sulfide) groups is 1. The van der Waals surface area contributed by atoms with Gasteiger partial charge in [0.05, 0.1) is 28.6 Å². The Morgan fingerprint density at radius 3 is 2.13 bits per heavy atom. The lowest BCUT2D eigenvalue weighted by atomic mass is 10.1. The Morgan fingerprint density at radius 2 is 1.48 bits per heavy atom. The van der Waals surface area contributed by atoms with Gasteiger partial charge in [-0.1, -0.05) is 0 Å². The molecule has 0 saturated carbocycles. The number of benzene rings is 5. The summed E-state index contributed by atoms with van der Waals surface area (Å²) >= 11 is 7.20. The van der Waals surface area contributed by atoms with Crippen molar-refractivity contribution in [1.82, 2.24) is 20.3 Å². The molecule has 1 aromatic heterocycles. The molecule has 6 aromatic rings. The van der Waals surface area contributed by atoms with E-state index >= 15 is 0 Å². The summed E-state index contributed by atoms with van der Waals surface area (Å²) in [5.41, 5.74) is 5.16. The molecule has 0 fully saturated rings. The lowest BCUT2D eigenvalue weighted by molar-refractivity contribution is -0.135. The van der Waals surface area contributed by atoms with Crippen molar-refractivity contribution >= 4 is 126 Å². The number of aromatic hydroxyl groups is 1. The van der Waals surface area contributed by atoms with Gasteiger partial charge >= 0.3 is 10.4 Å². The molecule has 1 heterocycles. The summed E-state index contributed by atoms with van der Waals surface area (Å²) in [4.78, 5) is 17.2. The molecule has 0 aliphatic heterocycles. The lowest BCUT2D eigenvalue weighted by Crippen LogP contribution is -2.25. The highest BCUT2D eigenvalue weighted by Crippen LogP contribution is 2.46. The minimum absolute atomic E-state index is 0.000730. The Balaban J connectivity index is 1.26. The topological polar surface area (TPSA) is 398 Å². The van der Waals surface area contributed by atoms with E-state index < -0.39 is 67.4 Å². The Hall–Kier alpha value is -6.67. The van der Waals surface area contributed by atoms with Crippen LogP contribution in [0.2, 0.25) is 5.28 Å². The molecule has 0 bridgehead atoms. The summed E-state index contributed by atoms with van der Waals surface area (Å²) in [6.07, 6.45) is 1.94. The molecule has 32 heteroatoms. The third-order valence-corrected chi connectivity index (χ3v) is 13.8. The van der Waals surface area contributed by atoms with Crippen molar-refractivity contribution in [3.63, 3.8) is 0 Å². The zero-order chi connectivity index (χ0) is 51.7. The second-order valence-electron chi connectivity index (χ2n) is 14.0. The number of phenolic OH excluding ortho intramolecular Hbond substituents is 1. The van der Waals surface area contributed by atoms with Crippen LogP contribution in [0.25, 0.3) is 10.8 Å². The summed E-state index contributed by atoms with van der Waals surface area (Å²) in [6.45, 7) is 2.22. The number of halogens is 1. The van der Waals surface area contributed by atoms with E-state index in [0.717, 1.165) is 30.0 Å². The Morgan fingerprint density at radius 1 is 0.789 bits per heavy atom. The van der Waals surface area contributed by atoms with Crippen molar-refractivity contribution in [2.45, 2.75) is 26.5 Å². The number of rotatable bonds is 20. The number of phenols is 1. The second-order valence-corrected chi connectivity index (χ2v) is 21.1. The molecule has 0 radical (unpaired) electrons. The third-order valence-electron chi connectivity index (χ3n) is 9.24. The molecule has 0 unspecified atom stereocenters. The van der Waals surface area contributed by atoms with Crippen molar-refractivity contribution in [2.75, 3.05) is 47.9 Å². The molecule has 0 atom stereocenters. The van der Waals surface area contributed by atoms with Crippen LogP contribution in [-0.4, -0.2) is 104 Å². The number of nitrogens with one attached hydrogen (secondary N) is 2. The normalized spacial score (nSPS) is 12.3. The molecule has 26 nitrogen and oxygen atoms in total. The van der Waals surface area contributed by atoms with Gasteiger partial charge in [0.15, 0.2) is 21.7 Å². The second kappa shape index (κ2) is 22.6. The van der Waals surface area contributed by atoms with Crippen LogP contribution >= 0.6 is 23.4 Å². The zero-order valence-electron chi connectivity index (χ0n) is 36.0. The van der Waals surface area contributed by atoms with Gasteiger partial charge in [0, 0.05) is 51.9 Å². The number of aliphatic hydroxyl groups excluding tert-OH is 1. The van der Waals surface area contributed by atoms with Crippen molar-refractivity contribution < 1.29 is 66.8 Å². The van der Waals surface area contributed by atoms with E-state index in [9.17, 15) is 47.9 Å². The first kappa shape index (κ1) is 53.7. The summed E-state index contributed by atoms with van der Waals surface area (Å²) in [7, 11) is -18.8. The molecule has 6 rings (SSSR count). The average Bonchev–Trinajstić information content (AvgIpc) is 3.29. The first-order valence-corrected chi connectivity index (χ1v) is 26.8. The third kappa shape index (κ3) is 14.2. The Bertz CT molecular complexity index is 3570. The SMILES string of the molecule is CCN(c1ccc(SC#COOS(=O)(=O)O)cc1)c1nc(Cl)nc(Nc2ccc(N=Nc3c(N)ccc4c(O)c(N=Nc5ccc(S(=O)(=O)CCNCCO)cc5)c(S(=O)(=O)O)cc34)c(S(=O)(=O)O)c2)n1. The number of aliphatic hydroxyl groups is 1. The van der Waals surface area contributed by atoms with Gasteiger partial charge in [0.1, 0.15) is 26.9 Å². The number of sulfone groups is 1. The van der Waals surface area contributed by atoms with E-state index in [1.165, 1.54) is 42.5 Å². The van der Waals surface area contributed by atoms with Gasteiger partial charge in [-0.25, -0.2) is 8.42 Å². The summed E-state index contributed by atoms with van der Waals surface area (Å²) < 4.78 is 130. The number of nitrogens with two attached hydrogens (primary N) is 1. The molecular formula is C39H36ClN11O15S5. The van der Waals surface area contributed by atoms with Gasteiger partial charge in [-0.2, -0.15) is 45.3 Å². The maximum atomic E-state index is 12.7. The van der Waals surface area contributed by atoms with Crippen LogP contribution < -0.4 is 21.3 Å². The number of aromatic nitrogens is 3. The molecule has 0 spiro atoms. The van der Waals surface area contributed by atoms with Gasteiger partial charge in [0.2, 0.25) is 17.2 Å². The van der Waals surface area contributed by atoms with E-state index in [4.69, 9.17) is 27.0 Å². The van der Waals surface area contributed by atoms with Crippen molar-refractivity contribution in [2.24, 2.45) is 20.5 Å². The van der Waals surface area contributed by atoms with Crippen LogP contribution in [0.4, 0.5) is 51.7 Å². The van der Waals surface area contributed by atoms with E-state index in [0.29, 0.717) is 17.1 Å². The van der Waals surface area contributed by atoms with E-state index in [1.807, 2.05) is 6.11 Å². The molecule has 9 N–H and O–H groups in total. The summed E-state index contributed by atoms with van der Waals surface area (Å²) in [5.74, 6) is -1.19. The minimum Gasteiger partial charge on any atom is -0.505 e. The zero-order valence-corrected chi connectivity index (χ0v) is 40.8.